The maximum Gasteiger partial charge on any atom is 0.328 e. The average molecular weight is 257 g/mol. The van der Waals surface area contributed by atoms with Gasteiger partial charge in [0.25, 0.3) is 5.91 Å². The minimum atomic E-state index is -1.01. The Hall–Kier alpha value is -2.89. The molecule has 2 rings (SSSR count). The predicted octanol–water partition coefficient (Wildman–Crippen LogP) is 1.76. The summed E-state index contributed by atoms with van der Waals surface area (Å²) in [4.78, 5) is 28.8. The molecule has 0 atom stereocenters. The van der Waals surface area contributed by atoms with Crippen LogP contribution in [0.15, 0.2) is 42.7 Å². The van der Waals surface area contributed by atoms with Gasteiger partial charge in [-0.15, -0.1) is 0 Å². The van der Waals surface area contributed by atoms with E-state index in [-0.39, 0.29) is 5.91 Å². The summed E-state index contributed by atoms with van der Waals surface area (Å²) >= 11 is 0. The van der Waals surface area contributed by atoms with Crippen LogP contribution < -0.4 is 5.32 Å². The Morgan fingerprint density at radius 3 is 2.58 bits per heavy atom. The maximum absolute atomic E-state index is 11.8. The molecule has 0 unspecified atom stereocenters. The molecule has 0 aliphatic heterocycles. The number of carbonyl (C=O) groups is 2. The van der Waals surface area contributed by atoms with Gasteiger partial charge in [0, 0.05) is 24.0 Å². The normalized spacial score (nSPS) is 10.5. The number of nitrogens with zero attached hydrogens (tertiary/aromatic N) is 1. The lowest BCUT2D eigenvalue weighted by molar-refractivity contribution is -0.131. The van der Waals surface area contributed by atoms with E-state index < -0.39 is 5.97 Å². The molecule has 1 aromatic heterocycles. The van der Waals surface area contributed by atoms with Gasteiger partial charge in [-0.25, -0.2) is 9.78 Å². The highest BCUT2D eigenvalue weighted by atomic mass is 16.4. The summed E-state index contributed by atoms with van der Waals surface area (Å²) in [5.74, 6) is -0.928. The molecule has 1 aromatic carbocycles. The van der Waals surface area contributed by atoms with Gasteiger partial charge in [0.15, 0.2) is 0 Å². The smallest absolute Gasteiger partial charge is 0.328 e. The van der Waals surface area contributed by atoms with Crippen molar-refractivity contribution in [1.82, 2.24) is 9.97 Å². The Kier molecular flexibility index (Phi) is 3.72. The van der Waals surface area contributed by atoms with Crippen LogP contribution in [0.3, 0.4) is 0 Å². The largest absolute Gasteiger partial charge is 0.478 e. The second kappa shape index (κ2) is 5.63. The molecule has 0 aliphatic carbocycles. The molecule has 19 heavy (non-hydrogen) atoms. The van der Waals surface area contributed by atoms with Gasteiger partial charge in [-0.1, -0.05) is 12.1 Å². The van der Waals surface area contributed by atoms with E-state index in [4.69, 9.17) is 5.11 Å². The molecule has 0 saturated carbocycles. The molecule has 1 amide bonds. The van der Waals surface area contributed by atoms with Gasteiger partial charge in [-0.3, -0.25) is 10.1 Å². The first-order valence-corrected chi connectivity index (χ1v) is 5.47. The Bertz CT molecular complexity index is 601. The van der Waals surface area contributed by atoms with E-state index in [1.54, 1.807) is 30.5 Å². The highest BCUT2D eigenvalue weighted by molar-refractivity contribution is 6.03. The Labute approximate surface area is 108 Å². The summed E-state index contributed by atoms with van der Waals surface area (Å²) in [6, 6.07) is 6.55. The molecule has 1 heterocycles. The molecule has 0 saturated heterocycles. The summed E-state index contributed by atoms with van der Waals surface area (Å²) in [6.07, 6.45) is 5.64. The fourth-order valence-electron chi connectivity index (χ4n) is 1.43. The zero-order valence-corrected chi connectivity index (χ0v) is 9.83. The van der Waals surface area contributed by atoms with E-state index in [1.807, 2.05) is 0 Å². The van der Waals surface area contributed by atoms with Crippen LogP contribution >= 0.6 is 0 Å². The quantitative estimate of drug-likeness (QED) is 0.727. The van der Waals surface area contributed by atoms with Crippen molar-refractivity contribution in [3.63, 3.8) is 0 Å². The first-order valence-electron chi connectivity index (χ1n) is 5.47. The summed E-state index contributed by atoms with van der Waals surface area (Å²) in [5, 5.41) is 11.1. The molecule has 0 fully saturated rings. The summed E-state index contributed by atoms with van der Waals surface area (Å²) in [7, 11) is 0. The number of rotatable bonds is 4. The van der Waals surface area contributed by atoms with Crippen molar-refractivity contribution in [3.05, 3.63) is 53.9 Å². The topological polar surface area (TPSA) is 95.1 Å². The fourth-order valence-corrected chi connectivity index (χ4v) is 1.43. The number of carboxylic acids is 1. The molecule has 0 bridgehead atoms. The van der Waals surface area contributed by atoms with E-state index in [9.17, 15) is 9.59 Å². The SMILES string of the molecule is O=C(O)/C=C/c1ccc(C(=O)Nc2ncc[nH]2)cc1. The van der Waals surface area contributed by atoms with Crippen LogP contribution in [0.4, 0.5) is 5.95 Å². The number of aliphatic carboxylic acids is 1. The Morgan fingerprint density at radius 2 is 2.00 bits per heavy atom. The zero-order chi connectivity index (χ0) is 13.7. The van der Waals surface area contributed by atoms with Crippen LogP contribution in [0.2, 0.25) is 0 Å². The van der Waals surface area contributed by atoms with Crippen molar-refractivity contribution in [2.24, 2.45) is 0 Å². The molecule has 3 N–H and O–H groups in total. The summed E-state index contributed by atoms with van der Waals surface area (Å²) in [5.41, 5.74) is 1.17. The third kappa shape index (κ3) is 3.53. The molecular weight excluding hydrogens is 246 g/mol. The number of benzene rings is 1. The highest BCUT2D eigenvalue weighted by Crippen LogP contribution is 2.08. The van der Waals surface area contributed by atoms with Gasteiger partial charge in [0.1, 0.15) is 0 Å². The highest BCUT2D eigenvalue weighted by Gasteiger charge is 2.06. The molecule has 6 heteroatoms. The van der Waals surface area contributed by atoms with Crippen molar-refractivity contribution >= 4 is 23.9 Å². The van der Waals surface area contributed by atoms with Gasteiger partial charge in [0.2, 0.25) is 5.95 Å². The predicted molar refractivity (Wildman–Crippen MR) is 69.7 cm³/mol. The first-order chi connectivity index (χ1) is 9.15. The molecule has 0 aliphatic rings. The Morgan fingerprint density at radius 1 is 1.26 bits per heavy atom. The van der Waals surface area contributed by atoms with Gasteiger partial charge < -0.3 is 10.1 Å². The number of amides is 1. The molecule has 6 nitrogen and oxygen atoms in total. The van der Waals surface area contributed by atoms with Gasteiger partial charge in [-0.2, -0.15) is 0 Å². The van der Waals surface area contributed by atoms with Gasteiger partial charge in [-0.05, 0) is 23.8 Å². The minimum absolute atomic E-state index is 0.288. The second-order valence-corrected chi connectivity index (χ2v) is 3.69. The van der Waals surface area contributed by atoms with E-state index in [0.29, 0.717) is 17.1 Å². The van der Waals surface area contributed by atoms with Gasteiger partial charge in [0.05, 0.1) is 0 Å². The molecule has 96 valence electrons. The number of nitrogens with one attached hydrogen (secondary N) is 2. The number of hydrogen-bond donors (Lipinski definition) is 3. The van der Waals surface area contributed by atoms with Crippen molar-refractivity contribution in [2.45, 2.75) is 0 Å². The number of anilines is 1. The maximum atomic E-state index is 11.8. The van der Waals surface area contributed by atoms with E-state index in [1.165, 1.54) is 12.3 Å². The van der Waals surface area contributed by atoms with E-state index in [2.05, 4.69) is 15.3 Å². The minimum Gasteiger partial charge on any atom is -0.478 e. The third-order valence-electron chi connectivity index (χ3n) is 2.32. The number of hydrogen-bond acceptors (Lipinski definition) is 3. The van der Waals surface area contributed by atoms with Crippen molar-refractivity contribution < 1.29 is 14.7 Å². The second-order valence-electron chi connectivity index (χ2n) is 3.69. The number of aromatic nitrogens is 2. The summed E-state index contributed by atoms with van der Waals surface area (Å²) < 4.78 is 0. The number of carboxylic acid groups (broad SMARTS) is 1. The molecule has 0 spiro atoms. The van der Waals surface area contributed by atoms with Crippen molar-refractivity contribution in [1.29, 1.82) is 0 Å². The van der Waals surface area contributed by atoms with Crippen LogP contribution in [-0.4, -0.2) is 27.0 Å². The zero-order valence-electron chi connectivity index (χ0n) is 9.83. The standard InChI is InChI=1S/C13H11N3O3/c17-11(18)6-3-9-1-4-10(5-2-9)12(19)16-13-14-7-8-15-13/h1-8H,(H,17,18)(H2,14,15,16,19)/b6-3+. The number of carbonyl (C=O) groups excluding carboxylic acids is 1. The number of H-pyrrole nitrogens is 1. The van der Waals surface area contributed by atoms with Crippen LogP contribution in [0.25, 0.3) is 6.08 Å². The van der Waals surface area contributed by atoms with Gasteiger partial charge >= 0.3 is 5.97 Å². The van der Waals surface area contributed by atoms with Crippen LogP contribution in [0, 0.1) is 0 Å². The van der Waals surface area contributed by atoms with Crippen molar-refractivity contribution in [3.8, 4) is 0 Å². The summed E-state index contributed by atoms with van der Waals surface area (Å²) in [6.45, 7) is 0. The van der Waals surface area contributed by atoms with Crippen LogP contribution in [-0.2, 0) is 4.79 Å². The lowest BCUT2D eigenvalue weighted by Gasteiger charge is -2.02. The van der Waals surface area contributed by atoms with Crippen molar-refractivity contribution in [2.75, 3.05) is 5.32 Å². The Balaban J connectivity index is 2.05. The fraction of sp³-hybridized carbons (Fsp3) is 0. The monoisotopic (exact) mass is 257 g/mol. The van der Waals surface area contributed by atoms with E-state index >= 15 is 0 Å². The third-order valence-corrected chi connectivity index (χ3v) is 2.32. The number of imidazole rings is 1. The van der Waals surface area contributed by atoms with Crippen LogP contribution in [0.5, 0.6) is 0 Å². The lowest BCUT2D eigenvalue weighted by Crippen LogP contribution is -2.12. The molecular formula is C13H11N3O3. The average Bonchev–Trinajstić information content (AvgIpc) is 2.89. The van der Waals surface area contributed by atoms with Crippen LogP contribution in [0.1, 0.15) is 15.9 Å². The molecule has 2 aromatic rings. The lowest BCUT2D eigenvalue weighted by atomic mass is 10.1. The number of aromatic amines is 1. The van der Waals surface area contributed by atoms with E-state index in [0.717, 1.165) is 6.08 Å². The first kappa shape index (κ1) is 12.6. The molecule has 0 radical (unpaired) electrons.